The number of aliphatic hydroxyl groups excluding tert-OH is 1. The molecule has 0 amide bonds. The van der Waals surface area contributed by atoms with E-state index in [1.54, 1.807) is 30.3 Å². The number of nitro groups is 1. The average molecular weight is 464 g/mol. The quantitative estimate of drug-likeness (QED) is 0.380. The summed E-state index contributed by atoms with van der Waals surface area (Å²) in [5.74, 6) is 0.781. The maximum Gasteiger partial charge on any atom is 0.289 e. The van der Waals surface area contributed by atoms with Gasteiger partial charge in [-0.15, -0.1) is 0 Å². The molecule has 0 bridgehead atoms. The summed E-state index contributed by atoms with van der Waals surface area (Å²) >= 11 is 0. The van der Waals surface area contributed by atoms with E-state index in [0.29, 0.717) is 24.1 Å². The van der Waals surface area contributed by atoms with E-state index in [2.05, 4.69) is 32.6 Å². The lowest BCUT2D eigenvalue weighted by Gasteiger charge is -2.31. The number of sulfonamides is 1. The van der Waals surface area contributed by atoms with Crippen LogP contribution in [0.4, 0.5) is 11.4 Å². The number of para-hydroxylation sites is 2. The van der Waals surface area contributed by atoms with Crippen molar-refractivity contribution in [2.75, 3.05) is 30.5 Å². The van der Waals surface area contributed by atoms with E-state index in [1.165, 1.54) is 24.3 Å². The number of nitrogens with zero attached hydrogens (tertiary/aromatic N) is 3. The molecule has 0 radical (unpaired) electrons. The Kier molecular flexibility index (Phi) is 9.18. The van der Waals surface area contributed by atoms with Crippen LogP contribution in [-0.4, -0.2) is 55.6 Å². The molecule has 2 rings (SSSR count). The Hall–Kier alpha value is -2.49. The molecule has 0 aliphatic rings. The van der Waals surface area contributed by atoms with Crippen LogP contribution >= 0.6 is 0 Å². The number of rotatable bonds is 12. The SMILES string of the molecule is CC(C)CN(CC(C)C)C[C@H](O)CN(c1ccccc1)S(=O)(=O)c1ccccc1[N+](=O)[O-]. The van der Waals surface area contributed by atoms with Crippen LogP contribution in [0, 0.1) is 22.0 Å². The molecule has 0 saturated carbocycles. The van der Waals surface area contributed by atoms with Crippen LogP contribution in [-0.2, 0) is 10.0 Å². The van der Waals surface area contributed by atoms with Crippen molar-refractivity contribution < 1.29 is 18.4 Å². The second-order valence-corrected chi connectivity index (χ2v) is 10.6. The van der Waals surface area contributed by atoms with Crippen molar-refractivity contribution in [3.8, 4) is 0 Å². The minimum atomic E-state index is -4.29. The van der Waals surface area contributed by atoms with Crippen LogP contribution in [0.2, 0.25) is 0 Å². The standard InChI is InChI=1S/C23H33N3O5S/c1-18(2)14-24(15-19(3)4)16-21(27)17-25(20-10-6-5-7-11-20)32(30,31)23-13-9-8-12-22(23)26(28)29/h5-13,18-19,21,27H,14-17H2,1-4H3/t21-/m0/s1. The molecule has 0 heterocycles. The first-order valence-corrected chi connectivity index (χ1v) is 12.2. The lowest BCUT2D eigenvalue weighted by molar-refractivity contribution is -0.387. The van der Waals surface area contributed by atoms with E-state index in [1.807, 2.05) is 0 Å². The molecule has 0 aliphatic heterocycles. The first-order chi connectivity index (χ1) is 15.0. The smallest absolute Gasteiger partial charge is 0.289 e. The van der Waals surface area contributed by atoms with Gasteiger partial charge in [-0.1, -0.05) is 58.0 Å². The van der Waals surface area contributed by atoms with Crippen LogP contribution in [0.25, 0.3) is 0 Å². The van der Waals surface area contributed by atoms with Gasteiger partial charge in [-0.3, -0.25) is 14.4 Å². The molecular formula is C23H33N3O5S. The predicted octanol–water partition coefficient (Wildman–Crippen LogP) is 3.77. The predicted molar refractivity (Wildman–Crippen MR) is 126 cm³/mol. The summed E-state index contributed by atoms with van der Waals surface area (Å²) in [7, 11) is -4.29. The molecule has 0 saturated heterocycles. The topological polar surface area (TPSA) is 104 Å². The van der Waals surface area contributed by atoms with Crippen LogP contribution in [0.15, 0.2) is 59.5 Å². The van der Waals surface area contributed by atoms with E-state index in [-0.39, 0.29) is 6.54 Å². The average Bonchev–Trinajstić information content (AvgIpc) is 2.71. The second kappa shape index (κ2) is 11.4. The van der Waals surface area contributed by atoms with Gasteiger partial charge in [0.15, 0.2) is 4.90 Å². The zero-order chi connectivity index (χ0) is 23.9. The highest BCUT2D eigenvalue weighted by molar-refractivity contribution is 7.93. The second-order valence-electron chi connectivity index (χ2n) is 8.76. The molecular weight excluding hydrogens is 430 g/mol. The Morgan fingerprint density at radius 1 is 0.875 bits per heavy atom. The van der Waals surface area contributed by atoms with Crippen molar-refractivity contribution in [1.82, 2.24) is 4.90 Å². The van der Waals surface area contributed by atoms with Crippen molar-refractivity contribution in [2.45, 2.75) is 38.7 Å². The van der Waals surface area contributed by atoms with Gasteiger partial charge in [0, 0.05) is 25.7 Å². The molecule has 2 aromatic carbocycles. The monoisotopic (exact) mass is 463 g/mol. The molecule has 1 atom stereocenters. The van der Waals surface area contributed by atoms with Gasteiger partial charge in [-0.25, -0.2) is 8.42 Å². The molecule has 32 heavy (non-hydrogen) atoms. The van der Waals surface area contributed by atoms with E-state index in [4.69, 9.17) is 0 Å². The summed E-state index contributed by atoms with van der Waals surface area (Å²) in [6, 6.07) is 13.6. The van der Waals surface area contributed by atoms with E-state index in [0.717, 1.165) is 17.4 Å². The Bertz CT molecular complexity index is 970. The van der Waals surface area contributed by atoms with E-state index in [9.17, 15) is 23.6 Å². The van der Waals surface area contributed by atoms with Crippen LogP contribution < -0.4 is 4.31 Å². The molecule has 0 spiro atoms. The maximum absolute atomic E-state index is 13.5. The van der Waals surface area contributed by atoms with Crippen molar-refractivity contribution in [1.29, 1.82) is 0 Å². The van der Waals surface area contributed by atoms with Gasteiger partial charge in [0.1, 0.15) is 0 Å². The van der Waals surface area contributed by atoms with Gasteiger partial charge < -0.3 is 10.0 Å². The Balaban J connectivity index is 2.39. The highest BCUT2D eigenvalue weighted by Crippen LogP contribution is 2.30. The first-order valence-electron chi connectivity index (χ1n) is 10.7. The molecule has 0 aliphatic carbocycles. The molecule has 9 heteroatoms. The summed E-state index contributed by atoms with van der Waals surface area (Å²) in [6.07, 6.45) is -0.981. The van der Waals surface area contributed by atoms with Crippen molar-refractivity contribution in [3.63, 3.8) is 0 Å². The third kappa shape index (κ3) is 7.01. The highest BCUT2D eigenvalue weighted by atomic mass is 32.2. The molecule has 0 aromatic heterocycles. The fourth-order valence-electron chi connectivity index (χ4n) is 3.69. The molecule has 176 valence electrons. The minimum Gasteiger partial charge on any atom is -0.390 e. The number of anilines is 1. The largest absolute Gasteiger partial charge is 0.390 e. The Morgan fingerprint density at radius 3 is 1.94 bits per heavy atom. The van der Waals surface area contributed by atoms with Gasteiger partial charge >= 0.3 is 0 Å². The third-order valence-electron chi connectivity index (χ3n) is 4.77. The summed E-state index contributed by atoms with van der Waals surface area (Å²) in [5, 5.41) is 22.4. The molecule has 2 aromatic rings. The molecule has 0 unspecified atom stereocenters. The zero-order valence-corrected chi connectivity index (χ0v) is 19.9. The Labute approximate surface area is 190 Å². The lowest BCUT2D eigenvalue weighted by atomic mass is 10.1. The number of hydrogen-bond donors (Lipinski definition) is 1. The van der Waals surface area contributed by atoms with Crippen LogP contribution in [0.1, 0.15) is 27.7 Å². The number of benzene rings is 2. The highest BCUT2D eigenvalue weighted by Gasteiger charge is 2.33. The van der Waals surface area contributed by atoms with E-state index < -0.39 is 31.6 Å². The fourth-order valence-corrected chi connectivity index (χ4v) is 5.35. The fraction of sp³-hybridized carbons (Fsp3) is 0.478. The number of hydrogen-bond acceptors (Lipinski definition) is 6. The molecule has 8 nitrogen and oxygen atoms in total. The van der Waals surface area contributed by atoms with Crippen molar-refractivity contribution in [2.24, 2.45) is 11.8 Å². The maximum atomic E-state index is 13.5. The van der Waals surface area contributed by atoms with Crippen LogP contribution in [0.5, 0.6) is 0 Å². The summed E-state index contributed by atoms with van der Waals surface area (Å²) < 4.78 is 28.1. The van der Waals surface area contributed by atoms with Crippen LogP contribution in [0.3, 0.4) is 0 Å². The first kappa shape index (κ1) is 25.8. The van der Waals surface area contributed by atoms with Crippen molar-refractivity contribution >= 4 is 21.4 Å². The summed E-state index contributed by atoms with van der Waals surface area (Å²) in [4.78, 5) is 12.5. The molecule has 0 fully saturated rings. The summed E-state index contributed by atoms with van der Waals surface area (Å²) in [5.41, 5.74) is -0.159. The minimum absolute atomic E-state index is 0.217. The normalized spacial score (nSPS) is 13.0. The van der Waals surface area contributed by atoms with Crippen molar-refractivity contribution in [3.05, 3.63) is 64.7 Å². The Morgan fingerprint density at radius 2 is 1.41 bits per heavy atom. The van der Waals surface area contributed by atoms with Gasteiger partial charge in [0.05, 0.1) is 23.3 Å². The lowest BCUT2D eigenvalue weighted by Crippen LogP contribution is -2.44. The zero-order valence-electron chi connectivity index (χ0n) is 19.1. The third-order valence-corrected chi connectivity index (χ3v) is 6.61. The van der Waals surface area contributed by atoms with Gasteiger partial charge in [-0.2, -0.15) is 0 Å². The van der Waals surface area contributed by atoms with E-state index >= 15 is 0 Å². The molecule has 1 N–H and O–H groups in total. The summed E-state index contributed by atoms with van der Waals surface area (Å²) in [6.45, 7) is 10.0. The van der Waals surface area contributed by atoms with Gasteiger partial charge in [0.25, 0.3) is 15.7 Å². The van der Waals surface area contributed by atoms with Gasteiger partial charge in [0.2, 0.25) is 0 Å². The number of aliphatic hydroxyl groups is 1. The number of nitro benzene ring substituents is 1. The van der Waals surface area contributed by atoms with Gasteiger partial charge in [-0.05, 0) is 30.0 Å².